The van der Waals surface area contributed by atoms with Gasteiger partial charge in [-0.1, -0.05) is 35.4 Å². The number of halogens is 1. The van der Waals surface area contributed by atoms with E-state index in [0.717, 1.165) is 17.0 Å². The fourth-order valence-corrected chi connectivity index (χ4v) is 2.28. The van der Waals surface area contributed by atoms with Crippen LogP contribution in [0, 0.1) is 13.8 Å². The van der Waals surface area contributed by atoms with E-state index < -0.39 is 0 Å². The Morgan fingerprint density at radius 3 is 2.72 bits per heavy atom. The molecule has 0 atom stereocenters. The number of hydrogen-bond donors (Lipinski definition) is 0. The Bertz CT molecular complexity index is 733. The first-order valence-corrected chi connectivity index (χ1v) is 5.97. The second-order valence-corrected chi connectivity index (χ2v) is 4.65. The molecule has 0 aliphatic rings. The van der Waals surface area contributed by atoms with Crippen LogP contribution in [0.3, 0.4) is 0 Å². The van der Waals surface area contributed by atoms with Gasteiger partial charge in [-0.3, -0.25) is 9.38 Å². The Morgan fingerprint density at radius 1 is 1.11 bits per heavy atom. The Morgan fingerprint density at radius 2 is 1.94 bits per heavy atom. The van der Waals surface area contributed by atoms with Crippen LogP contribution in [0.1, 0.15) is 11.1 Å². The molecule has 18 heavy (non-hydrogen) atoms. The Hall–Kier alpha value is -1.94. The minimum Gasteiger partial charge on any atom is -0.262 e. The SMILES string of the molecule is Cc1ccc(-c2nnc3cncc(Cl)n23)c(C)c1. The van der Waals surface area contributed by atoms with Crippen molar-refractivity contribution in [2.45, 2.75) is 13.8 Å². The zero-order chi connectivity index (χ0) is 12.7. The molecule has 0 radical (unpaired) electrons. The summed E-state index contributed by atoms with van der Waals surface area (Å²) < 4.78 is 1.80. The smallest absolute Gasteiger partial charge is 0.180 e. The fourth-order valence-electron chi connectivity index (χ4n) is 2.05. The van der Waals surface area contributed by atoms with E-state index in [1.807, 2.05) is 6.07 Å². The lowest BCUT2D eigenvalue weighted by Crippen LogP contribution is -1.94. The highest BCUT2D eigenvalue weighted by Gasteiger charge is 2.12. The molecule has 0 saturated heterocycles. The average Bonchev–Trinajstić information content (AvgIpc) is 2.74. The molecule has 5 heteroatoms. The molecular formula is C13H11ClN4. The van der Waals surface area contributed by atoms with E-state index in [1.54, 1.807) is 16.8 Å². The van der Waals surface area contributed by atoms with E-state index in [4.69, 9.17) is 11.6 Å². The Balaban J connectivity index is 2.32. The van der Waals surface area contributed by atoms with E-state index in [0.29, 0.717) is 10.8 Å². The number of benzene rings is 1. The molecule has 90 valence electrons. The number of aryl methyl sites for hydroxylation is 2. The lowest BCUT2D eigenvalue weighted by Gasteiger charge is -2.06. The molecule has 0 unspecified atom stereocenters. The van der Waals surface area contributed by atoms with Crippen molar-refractivity contribution in [2.75, 3.05) is 0 Å². The summed E-state index contributed by atoms with van der Waals surface area (Å²) in [6.45, 7) is 4.12. The van der Waals surface area contributed by atoms with Gasteiger partial charge in [-0.2, -0.15) is 0 Å². The van der Waals surface area contributed by atoms with Crippen LogP contribution in [0.5, 0.6) is 0 Å². The highest BCUT2D eigenvalue weighted by Crippen LogP contribution is 2.25. The zero-order valence-electron chi connectivity index (χ0n) is 10.1. The van der Waals surface area contributed by atoms with Crippen LogP contribution in [0.2, 0.25) is 5.15 Å². The number of hydrogen-bond acceptors (Lipinski definition) is 3. The minimum absolute atomic E-state index is 0.507. The maximum absolute atomic E-state index is 6.16. The van der Waals surface area contributed by atoms with Gasteiger partial charge in [0.1, 0.15) is 5.15 Å². The molecule has 2 heterocycles. The van der Waals surface area contributed by atoms with E-state index in [9.17, 15) is 0 Å². The zero-order valence-corrected chi connectivity index (χ0v) is 10.8. The molecule has 4 nitrogen and oxygen atoms in total. The second-order valence-electron chi connectivity index (χ2n) is 4.27. The molecule has 0 saturated carbocycles. The van der Waals surface area contributed by atoms with Crippen LogP contribution in [0.15, 0.2) is 30.6 Å². The summed E-state index contributed by atoms with van der Waals surface area (Å²) in [7, 11) is 0. The van der Waals surface area contributed by atoms with Gasteiger partial charge < -0.3 is 0 Å². The topological polar surface area (TPSA) is 43.1 Å². The van der Waals surface area contributed by atoms with Crippen molar-refractivity contribution in [3.8, 4) is 11.4 Å². The number of nitrogens with zero attached hydrogens (tertiary/aromatic N) is 4. The van der Waals surface area contributed by atoms with Gasteiger partial charge >= 0.3 is 0 Å². The van der Waals surface area contributed by atoms with Gasteiger partial charge in [0, 0.05) is 5.56 Å². The highest BCUT2D eigenvalue weighted by atomic mass is 35.5. The summed E-state index contributed by atoms with van der Waals surface area (Å²) in [5.74, 6) is 0.745. The molecule has 0 aliphatic carbocycles. The third kappa shape index (κ3) is 1.66. The maximum atomic E-state index is 6.16. The number of aromatic nitrogens is 4. The molecule has 0 amide bonds. The van der Waals surface area contributed by atoms with E-state index in [2.05, 4.69) is 41.2 Å². The van der Waals surface area contributed by atoms with Crippen molar-refractivity contribution in [1.82, 2.24) is 19.6 Å². The van der Waals surface area contributed by atoms with Gasteiger partial charge in [-0.25, -0.2) is 0 Å². The normalized spacial score (nSPS) is 11.1. The molecule has 0 N–H and O–H groups in total. The molecule has 0 spiro atoms. The van der Waals surface area contributed by atoms with Crippen LogP contribution in [-0.4, -0.2) is 19.6 Å². The van der Waals surface area contributed by atoms with Crippen molar-refractivity contribution >= 4 is 17.2 Å². The Labute approximate surface area is 109 Å². The molecule has 0 bridgehead atoms. The van der Waals surface area contributed by atoms with Gasteiger partial charge in [0.2, 0.25) is 0 Å². The summed E-state index contributed by atoms with van der Waals surface area (Å²) in [6.07, 6.45) is 3.23. The van der Waals surface area contributed by atoms with E-state index in [-0.39, 0.29) is 0 Å². The molecule has 3 rings (SSSR count). The van der Waals surface area contributed by atoms with Gasteiger partial charge in [0.05, 0.1) is 12.4 Å². The van der Waals surface area contributed by atoms with Gasteiger partial charge in [-0.05, 0) is 19.4 Å². The number of fused-ring (bicyclic) bond motifs is 1. The predicted molar refractivity (Wildman–Crippen MR) is 70.7 cm³/mol. The van der Waals surface area contributed by atoms with Crippen LogP contribution in [-0.2, 0) is 0 Å². The Kier molecular flexibility index (Phi) is 2.52. The van der Waals surface area contributed by atoms with Crippen LogP contribution in [0.25, 0.3) is 17.0 Å². The first-order chi connectivity index (χ1) is 8.66. The monoisotopic (exact) mass is 258 g/mol. The first kappa shape index (κ1) is 11.2. The van der Waals surface area contributed by atoms with Crippen molar-refractivity contribution in [1.29, 1.82) is 0 Å². The number of rotatable bonds is 1. The van der Waals surface area contributed by atoms with Crippen LogP contribution >= 0.6 is 11.6 Å². The fraction of sp³-hybridized carbons (Fsp3) is 0.154. The quantitative estimate of drug-likeness (QED) is 0.674. The third-order valence-corrected chi connectivity index (χ3v) is 3.16. The van der Waals surface area contributed by atoms with Crippen molar-refractivity contribution < 1.29 is 0 Å². The molecule has 3 aromatic rings. The van der Waals surface area contributed by atoms with Crippen molar-refractivity contribution in [3.05, 3.63) is 46.9 Å². The summed E-state index contributed by atoms with van der Waals surface area (Å²) in [4.78, 5) is 4.00. The predicted octanol–water partition coefficient (Wildman–Crippen LogP) is 3.06. The molecule has 0 aliphatic heterocycles. The largest absolute Gasteiger partial charge is 0.262 e. The van der Waals surface area contributed by atoms with Crippen LogP contribution < -0.4 is 0 Å². The summed E-state index contributed by atoms with van der Waals surface area (Å²) in [5.41, 5.74) is 4.05. The van der Waals surface area contributed by atoms with Crippen molar-refractivity contribution in [3.63, 3.8) is 0 Å². The van der Waals surface area contributed by atoms with E-state index in [1.165, 1.54) is 5.56 Å². The minimum atomic E-state index is 0.507. The standard InChI is InChI=1S/C13H11ClN4/c1-8-3-4-10(9(2)5-8)13-17-16-12-7-15-6-11(14)18(12)13/h3-7H,1-2H3. The third-order valence-electron chi connectivity index (χ3n) is 2.90. The maximum Gasteiger partial charge on any atom is 0.180 e. The molecule has 2 aromatic heterocycles. The summed E-state index contributed by atoms with van der Waals surface area (Å²) >= 11 is 6.16. The second kappa shape index (κ2) is 4.07. The summed E-state index contributed by atoms with van der Waals surface area (Å²) in [5, 5.41) is 8.80. The van der Waals surface area contributed by atoms with Crippen LogP contribution in [0.4, 0.5) is 0 Å². The van der Waals surface area contributed by atoms with Gasteiger partial charge in [-0.15, -0.1) is 10.2 Å². The van der Waals surface area contributed by atoms with Crippen molar-refractivity contribution in [2.24, 2.45) is 0 Å². The summed E-state index contributed by atoms with van der Waals surface area (Å²) in [6, 6.07) is 6.21. The van der Waals surface area contributed by atoms with E-state index >= 15 is 0 Å². The molecule has 1 aromatic carbocycles. The average molecular weight is 259 g/mol. The van der Waals surface area contributed by atoms with Gasteiger partial charge in [0.15, 0.2) is 11.5 Å². The molecule has 0 fully saturated rings. The van der Waals surface area contributed by atoms with Gasteiger partial charge in [0.25, 0.3) is 0 Å². The molecular weight excluding hydrogens is 248 g/mol. The first-order valence-electron chi connectivity index (χ1n) is 5.59. The highest BCUT2D eigenvalue weighted by molar-refractivity contribution is 6.29. The lowest BCUT2D eigenvalue weighted by molar-refractivity contribution is 1.10. The lowest BCUT2D eigenvalue weighted by atomic mass is 10.1.